The van der Waals surface area contributed by atoms with Gasteiger partial charge in [0.25, 0.3) is 0 Å². The lowest BCUT2D eigenvalue weighted by Crippen LogP contribution is -2.19. The molecular weight excluding hydrogens is 268 g/mol. The summed E-state index contributed by atoms with van der Waals surface area (Å²) in [6.45, 7) is 6.03. The van der Waals surface area contributed by atoms with E-state index in [4.69, 9.17) is 14.2 Å². The van der Waals surface area contributed by atoms with Gasteiger partial charge in [-0.25, -0.2) is 0 Å². The van der Waals surface area contributed by atoms with Crippen LogP contribution in [-0.2, 0) is 4.74 Å². The van der Waals surface area contributed by atoms with Crippen LogP contribution in [0.2, 0.25) is 0 Å². The van der Waals surface area contributed by atoms with Gasteiger partial charge in [-0.15, -0.1) is 0 Å². The molecule has 1 aromatic rings. The molecule has 0 amide bonds. The number of carbonyl (C=O) groups is 1. The molecule has 1 aliphatic rings. The molecule has 1 aromatic carbocycles. The van der Waals surface area contributed by atoms with Crippen molar-refractivity contribution in [2.75, 3.05) is 19.8 Å². The minimum atomic E-state index is -0.300. The molecule has 0 spiro atoms. The van der Waals surface area contributed by atoms with Crippen molar-refractivity contribution in [2.45, 2.75) is 45.6 Å². The van der Waals surface area contributed by atoms with Crippen molar-refractivity contribution in [3.8, 4) is 11.5 Å². The van der Waals surface area contributed by atoms with E-state index in [-0.39, 0.29) is 11.9 Å². The van der Waals surface area contributed by atoms with E-state index in [1.54, 1.807) is 12.1 Å². The Balaban J connectivity index is 2.16. The standard InChI is InChI=1S/C17H24O4/c1-3-9-19-14-8-7-13(12-16(14)20-10-4-2)17(18)15-6-5-11-21-15/h7-8,12,15H,3-6,9-11H2,1-2H3. The zero-order chi connectivity index (χ0) is 15.1. The van der Waals surface area contributed by atoms with Gasteiger partial charge in [0, 0.05) is 12.2 Å². The first-order chi connectivity index (χ1) is 10.3. The average molecular weight is 292 g/mol. The number of rotatable bonds is 8. The highest BCUT2D eigenvalue weighted by atomic mass is 16.5. The van der Waals surface area contributed by atoms with E-state index in [1.165, 1.54) is 0 Å². The smallest absolute Gasteiger partial charge is 0.191 e. The molecule has 0 radical (unpaired) electrons. The van der Waals surface area contributed by atoms with Crippen LogP contribution in [0.5, 0.6) is 11.5 Å². The summed E-state index contributed by atoms with van der Waals surface area (Å²) in [5.74, 6) is 1.39. The Morgan fingerprint density at radius 1 is 1.19 bits per heavy atom. The Hall–Kier alpha value is -1.55. The maximum Gasteiger partial charge on any atom is 0.191 e. The summed E-state index contributed by atoms with van der Waals surface area (Å²) in [5, 5.41) is 0. The van der Waals surface area contributed by atoms with Crippen molar-refractivity contribution in [1.29, 1.82) is 0 Å². The Morgan fingerprint density at radius 2 is 1.90 bits per heavy atom. The Morgan fingerprint density at radius 3 is 2.52 bits per heavy atom. The van der Waals surface area contributed by atoms with E-state index >= 15 is 0 Å². The summed E-state index contributed by atoms with van der Waals surface area (Å²) >= 11 is 0. The maximum absolute atomic E-state index is 12.4. The van der Waals surface area contributed by atoms with Gasteiger partial charge in [-0.05, 0) is 43.9 Å². The summed E-state index contributed by atoms with van der Waals surface area (Å²) in [4.78, 5) is 12.4. The molecule has 1 unspecified atom stereocenters. The summed E-state index contributed by atoms with van der Waals surface area (Å²) in [5.41, 5.74) is 0.636. The van der Waals surface area contributed by atoms with Gasteiger partial charge in [0.05, 0.1) is 13.2 Å². The topological polar surface area (TPSA) is 44.8 Å². The molecule has 4 heteroatoms. The molecule has 1 heterocycles. The second-order valence-corrected chi connectivity index (χ2v) is 5.22. The van der Waals surface area contributed by atoms with Crippen LogP contribution in [0.25, 0.3) is 0 Å². The fourth-order valence-corrected chi connectivity index (χ4v) is 2.29. The predicted molar refractivity (Wildman–Crippen MR) is 81.3 cm³/mol. The third-order valence-electron chi connectivity index (χ3n) is 3.37. The number of hydrogen-bond donors (Lipinski definition) is 0. The number of Topliss-reactive ketones (excluding diaryl/α,β-unsaturated/α-hetero) is 1. The third kappa shape index (κ3) is 4.21. The molecule has 0 aliphatic carbocycles. The predicted octanol–water partition coefficient (Wildman–Crippen LogP) is 3.63. The molecule has 1 atom stereocenters. The molecule has 1 saturated heterocycles. The lowest BCUT2D eigenvalue weighted by molar-refractivity contribution is 0.0642. The number of carbonyl (C=O) groups excluding carboxylic acids is 1. The molecule has 0 aromatic heterocycles. The van der Waals surface area contributed by atoms with Crippen molar-refractivity contribution < 1.29 is 19.0 Å². The largest absolute Gasteiger partial charge is 0.490 e. The molecular formula is C17H24O4. The highest BCUT2D eigenvalue weighted by Gasteiger charge is 2.25. The Bertz CT molecular complexity index is 464. The molecule has 116 valence electrons. The number of ether oxygens (including phenoxy) is 3. The summed E-state index contributed by atoms with van der Waals surface area (Å²) in [7, 11) is 0. The fraction of sp³-hybridized carbons (Fsp3) is 0.588. The minimum Gasteiger partial charge on any atom is -0.490 e. The average Bonchev–Trinajstić information content (AvgIpc) is 3.04. The Labute approximate surface area is 126 Å². The normalized spacial score (nSPS) is 17.7. The zero-order valence-corrected chi connectivity index (χ0v) is 12.9. The van der Waals surface area contributed by atoms with Crippen LogP contribution in [0, 0.1) is 0 Å². The summed E-state index contributed by atoms with van der Waals surface area (Å²) in [6.07, 6.45) is 3.30. The van der Waals surface area contributed by atoms with Crippen LogP contribution in [0.1, 0.15) is 49.9 Å². The van der Waals surface area contributed by atoms with Crippen molar-refractivity contribution in [1.82, 2.24) is 0 Å². The van der Waals surface area contributed by atoms with Gasteiger partial charge in [0.15, 0.2) is 17.3 Å². The molecule has 21 heavy (non-hydrogen) atoms. The number of benzene rings is 1. The summed E-state index contributed by atoms with van der Waals surface area (Å²) in [6, 6.07) is 5.40. The Kier molecular flexibility index (Phi) is 6.05. The first-order valence-corrected chi connectivity index (χ1v) is 7.81. The van der Waals surface area contributed by atoms with E-state index in [2.05, 4.69) is 6.92 Å². The van der Waals surface area contributed by atoms with Gasteiger partial charge in [0.1, 0.15) is 6.10 Å². The zero-order valence-electron chi connectivity index (χ0n) is 12.9. The van der Waals surface area contributed by atoms with E-state index in [9.17, 15) is 4.79 Å². The molecule has 2 rings (SSSR count). The van der Waals surface area contributed by atoms with Crippen LogP contribution in [-0.4, -0.2) is 31.7 Å². The van der Waals surface area contributed by atoms with Crippen LogP contribution < -0.4 is 9.47 Å². The van der Waals surface area contributed by atoms with Crippen molar-refractivity contribution in [3.05, 3.63) is 23.8 Å². The van der Waals surface area contributed by atoms with Crippen molar-refractivity contribution >= 4 is 5.78 Å². The van der Waals surface area contributed by atoms with Gasteiger partial charge in [0.2, 0.25) is 0 Å². The van der Waals surface area contributed by atoms with E-state index in [1.807, 2.05) is 13.0 Å². The second-order valence-electron chi connectivity index (χ2n) is 5.22. The van der Waals surface area contributed by atoms with Crippen LogP contribution in [0.4, 0.5) is 0 Å². The second kappa shape index (κ2) is 8.03. The first kappa shape index (κ1) is 15.8. The molecule has 0 saturated carbocycles. The van der Waals surface area contributed by atoms with Crippen molar-refractivity contribution in [2.24, 2.45) is 0 Å². The quantitative estimate of drug-likeness (QED) is 0.686. The number of hydrogen-bond acceptors (Lipinski definition) is 4. The summed E-state index contributed by atoms with van der Waals surface area (Å²) < 4.78 is 16.9. The first-order valence-electron chi connectivity index (χ1n) is 7.81. The molecule has 1 fully saturated rings. The van der Waals surface area contributed by atoms with E-state index in [0.717, 1.165) is 25.7 Å². The molecule has 1 aliphatic heterocycles. The monoisotopic (exact) mass is 292 g/mol. The van der Waals surface area contributed by atoms with Gasteiger partial charge in [-0.2, -0.15) is 0 Å². The minimum absolute atomic E-state index is 0.0379. The lowest BCUT2D eigenvalue weighted by Gasteiger charge is -2.14. The van der Waals surface area contributed by atoms with Crippen LogP contribution in [0.15, 0.2) is 18.2 Å². The van der Waals surface area contributed by atoms with Gasteiger partial charge < -0.3 is 14.2 Å². The van der Waals surface area contributed by atoms with E-state index < -0.39 is 0 Å². The lowest BCUT2D eigenvalue weighted by atomic mass is 10.0. The van der Waals surface area contributed by atoms with E-state index in [0.29, 0.717) is 36.9 Å². The highest BCUT2D eigenvalue weighted by Crippen LogP contribution is 2.30. The van der Waals surface area contributed by atoms with Gasteiger partial charge >= 0.3 is 0 Å². The molecule has 4 nitrogen and oxygen atoms in total. The molecule has 0 bridgehead atoms. The highest BCUT2D eigenvalue weighted by molar-refractivity contribution is 6.00. The van der Waals surface area contributed by atoms with Crippen LogP contribution in [0.3, 0.4) is 0 Å². The molecule has 0 N–H and O–H groups in total. The van der Waals surface area contributed by atoms with Gasteiger partial charge in [-0.1, -0.05) is 13.8 Å². The van der Waals surface area contributed by atoms with Crippen molar-refractivity contribution in [3.63, 3.8) is 0 Å². The maximum atomic E-state index is 12.4. The number of ketones is 1. The SMILES string of the molecule is CCCOc1ccc(C(=O)C2CCCO2)cc1OCCC. The third-order valence-corrected chi connectivity index (χ3v) is 3.37. The van der Waals surface area contributed by atoms with Gasteiger partial charge in [-0.3, -0.25) is 4.79 Å². The fourth-order valence-electron chi connectivity index (χ4n) is 2.29. The van der Waals surface area contributed by atoms with Crippen LogP contribution >= 0.6 is 0 Å².